The number of carbonyl (C=O) groups excluding carboxylic acids is 1. The Balaban J connectivity index is 2.00. The molecule has 2 heteroatoms. The number of hydrogen-bond acceptors (Lipinski definition) is 2. The third-order valence-corrected chi connectivity index (χ3v) is 4.33. The highest BCUT2D eigenvalue weighted by Crippen LogP contribution is 2.25. The van der Waals surface area contributed by atoms with Gasteiger partial charge in [-0.2, -0.15) is 0 Å². The second-order valence-electron chi connectivity index (χ2n) is 7.02. The molecule has 0 saturated carbocycles. The lowest BCUT2D eigenvalue weighted by molar-refractivity contribution is -0.121. The third kappa shape index (κ3) is 3.92. The van der Waals surface area contributed by atoms with Crippen LogP contribution in [0.4, 0.5) is 0 Å². The van der Waals surface area contributed by atoms with E-state index in [1.807, 2.05) is 0 Å². The van der Waals surface area contributed by atoms with Crippen molar-refractivity contribution in [1.29, 1.82) is 0 Å². The van der Waals surface area contributed by atoms with Crippen molar-refractivity contribution >= 4 is 5.78 Å². The molecule has 0 unspecified atom stereocenters. The summed E-state index contributed by atoms with van der Waals surface area (Å²) in [5.74, 6) is 0.423. The molecule has 2 rings (SSSR count). The monoisotopic (exact) mass is 273 g/mol. The number of likely N-dealkylation sites (tertiary alicyclic amines) is 1. The van der Waals surface area contributed by atoms with E-state index in [4.69, 9.17) is 0 Å². The first-order chi connectivity index (χ1) is 9.36. The van der Waals surface area contributed by atoms with Crippen molar-refractivity contribution in [1.82, 2.24) is 4.90 Å². The van der Waals surface area contributed by atoms with Crippen molar-refractivity contribution in [2.75, 3.05) is 19.6 Å². The summed E-state index contributed by atoms with van der Waals surface area (Å²) in [5, 5.41) is 0. The van der Waals surface area contributed by atoms with E-state index in [-0.39, 0.29) is 5.41 Å². The van der Waals surface area contributed by atoms with Crippen molar-refractivity contribution < 1.29 is 4.79 Å². The van der Waals surface area contributed by atoms with Gasteiger partial charge in [0.15, 0.2) is 0 Å². The molecule has 0 radical (unpaired) electrons. The van der Waals surface area contributed by atoms with Crippen molar-refractivity contribution in [2.24, 2.45) is 0 Å². The molecule has 0 aromatic heterocycles. The van der Waals surface area contributed by atoms with Crippen LogP contribution in [0, 0.1) is 6.92 Å². The molecule has 0 spiro atoms. The smallest absolute Gasteiger partial charge is 0.135 e. The Morgan fingerprint density at radius 1 is 1.15 bits per heavy atom. The standard InChI is InChI=1S/C18H27NO/c1-14-5-6-16(18(2,3)4)13-15(14)7-10-19-11-8-17(20)9-12-19/h5-6,13H,7-12H2,1-4H3. The summed E-state index contributed by atoms with van der Waals surface area (Å²) in [4.78, 5) is 13.7. The molecule has 0 aliphatic carbocycles. The van der Waals surface area contributed by atoms with E-state index in [0.29, 0.717) is 5.78 Å². The quantitative estimate of drug-likeness (QED) is 0.840. The van der Waals surface area contributed by atoms with Crippen LogP contribution in [0.25, 0.3) is 0 Å². The van der Waals surface area contributed by atoms with Crippen LogP contribution in [-0.4, -0.2) is 30.3 Å². The molecule has 2 nitrogen and oxygen atoms in total. The van der Waals surface area contributed by atoms with E-state index in [9.17, 15) is 4.79 Å². The number of carbonyl (C=O) groups is 1. The summed E-state index contributed by atoms with van der Waals surface area (Å²) < 4.78 is 0. The number of nitrogens with zero attached hydrogens (tertiary/aromatic N) is 1. The summed E-state index contributed by atoms with van der Waals surface area (Å²) in [6.45, 7) is 11.9. The van der Waals surface area contributed by atoms with Crippen LogP contribution in [0.3, 0.4) is 0 Å². The van der Waals surface area contributed by atoms with Gasteiger partial charge in [-0.05, 0) is 35.4 Å². The summed E-state index contributed by atoms with van der Waals surface area (Å²) in [7, 11) is 0. The maximum atomic E-state index is 11.3. The first kappa shape index (κ1) is 15.2. The van der Waals surface area contributed by atoms with Crippen LogP contribution in [-0.2, 0) is 16.6 Å². The van der Waals surface area contributed by atoms with E-state index >= 15 is 0 Å². The van der Waals surface area contributed by atoms with Gasteiger partial charge in [-0.3, -0.25) is 4.79 Å². The first-order valence-corrected chi connectivity index (χ1v) is 7.70. The highest BCUT2D eigenvalue weighted by molar-refractivity contribution is 5.79. The summed E-state index contributed by atoms with van der Waals surface area (Å²) in [5.41, 5.74) is 4.45. The molecule has 1 aromatic carbocycles. The molecule has 1 aliphatic rings. The Labute approximate surface area is 123 Å². The van der Waals surface area contributed by atoms with Gasteiger partial charge in [-0.15, -0.1) is 0 Å². The van der Waals surface area contributed by atoms with Crippen molar-refractivity contribution in [3.63, 3.8) is 0 Å². The van der Waals surface area contributed by atoms with Crippen LogP contribution in [0.2, 0.25) is 0 Å². The second-order valence-corrected chi connectivity index (χ2v) is 7.02. The highest BCUT2D eigenvalue weighted by Gasteiger charge is 2.17. The minimum absolute atomic E-state index is 0.208. The molecule has 110 valence electrons. The first-order valence-electron chi connectivity index (χ1n) is 7.70. The van der Waals surface area contributed by atoms with Crippen LogP contribution < -0.4 is 0 Å². The number of rotatable bonds is 3. The predicted octanol–water partition coefficient (Wildman–Crippen LogP) is 3.50. The number of piperidine rings is 1. The van der Waals surface area contributed by atoms with Crippen LogP contribution >= 0.6 is 0 Å². The van der Waals surface area contributed by atoms with Crippen molar-refractivity contribution in [2.45, 2.75) is 52.4 Å². The second kappa shape index (κ2) is 6.09. The molecule has 1 saturated heterocycles. The Bertz CT molecular complexity index is 475. The Morgan fingerprint density at radius 3 is 2.40 bits per heavy atom. The molecule has 20 heavy (non-hydrogen) atoms. The average molecular weight is 273 g/mol. The van der Waals surface area contributed by atoms with Crippen molar-refractivity contribution in [3.05, 3.63) is 34.9 Å². The van der Waals surface area contributed by atoms with Gasteiger partial charge >= 0.3 is 0 Å². The fraction of sp³-hybridized carbons (Fsp3) is 0.611. The maximum absolute atomic E-state index is 11.3. The number of aryl methyl sites for hydroxylation is 1. The van der Waals surface area contributed by atoms with E-state index in [2.05, 4.69) is 50.8 Å². The summed E-state index contributed by atoms with van der Waals surface area (Å²) in [6, 6.07) is 6.86. The van der Waals surface area contributed by atoms with Gasteiger partial charge in [-0.1, -0.05) is 39.0 Å². The molecular weight excluding hydrogens is 246 g/mol. The van der Waals surface area contributed by atoms with Gasteiger partial charge < -0.3 is 4.90 Å². The normalized spacial score (nSPS) is 17.5. The Kier molecular flexibility index (Phi) is 4.64. The molecule has 1 heterocycles. The molecule has 1 aromatic rings. The zero-order chi connectivity index (χ0) is 14.8. The number of ketones is 1. The molecule has 1 aliphatic heterocycles. The molecule has 0 amide bonds. The van der Waals surface area contributed by atoms with Gasteiger partial charge in [-0.25, -0.2) is 0 Å². The van der Waals surface area contributed by atoms with Crippen LogP contribution in [0.1, 0.15) is 50.3 Å². The SMILES string of the molecule is Cc1ccc(C(C)(C)C)cc1CCN1CCC(=O)CC1. The molecule has 0 atom stereocenters. The fourth-order valence-corrected chi connectivity index (χ4v) is 2.71. The Morgan fingerprint density at radius 2 is 1.80 bits per heavy atom. The van der Waals surface area contributed by atoms with Gasteiger partial charge in [0.25, 0.3) is 0 Å². The van der Waals surface area contributed by atoms with Gasteiger partial charge in [0.05, 0.1) is 0 Å². The lowest BCUT2D eigenvalue weighted by Gasteiger charge is -2.26. The largest absolute Gasteiger partial charge is 0.302 e. The topological polar surface area (TPSA) is 20.3 Å². The lowest BCUT2D eigenvalue weighted by Crippen LogP contribution is -2.35. The zero-order valence-corrected chi connectivity index (χ0v) is 13.3. The lowest BCUT2D eigenvalue weighted by atomic mass is 9.85. The number of benzene rings is 1. The fourth-order valence-electron chi connectivity index (χ4n) is 2.71. The minimum atomic E-state index is 0.208. The number of hydrogen-bond donors (Lipinski definition) is 0. The van der Waals surface area contributed by atoms with E-state index < -0.39 is 0 Å². The van der Waals surface area contributed by atoms with Gasteiger partial charge in [0, 0.05) is 32.5 Å². The van der Waals surface area contributed by atoms with E-state index in [1.165, 1.54) is 16.7 Å². The molecular formula is C18H27NO. The third-order valence-electron chi connectivity index (χ3n) is 4.33. The maximum Gasteiger partial charge on any atom is 0.135 e. The van der Waals surface area contributed by atoms with Crippen LogP contribution in [0.5, 0.6) is 0 Å². The average Bonchev–Trinajstić information content (AvgIpc) is 2.38. The van der Waals surface area contributed by atoms with Gasteiger partial charge in [0.1, 0.15) is 5.78 Å². The predicted molar refractivity (Wildman–Crippen MR) is 84.3 cm³/mol. The molecule has 0 N–H and O–H groups in total. The number of Topliss-reactive ketones (excluding diaryl/α,β-unsaturated/α-hetero) is 1. The van der Waals surface area contributed by atoms with Crippen molar-refractivity contribution in [3.8, 4) is 0 Å². The summed E-state index contributed by atoms with van der Waals surface area (Å²) >= 11 is 0. The molecule has 1 fully saturated rings. The van der Waals surface area contributed by atoms with Crippen LogP contribution in [0.15, 0.2) is 18.2 Å². The summed E-state index contributed by atoms with van der Waals surface area (Å²) in [6.07, 6.45) is 2.56. The molecule has 0 bridgehead atoms. The van der Waals surface area contributed by atoms with E-state index in [0.717, 1.165) is 38.9 Å². The zero-order valence-electron chi connectivity index (χ0n) is 13.3. The minimum Gasteiger partial charge on any atom is -0.302 e. The highest BCUT2D eigenvalue weighted by atomic mass is 16.1. The van der Waals surface area contributed by atoms with Gasteiger partial charge in [0.2, 0.25) is 0 Å². The Hall–Kier alpha value is -1.15. The van der Waals surface area contributed by atoms with E-state index in [1.54, 1.807) is 0 Å².